The number of nitrogens with zero attached hydrogens (tertiary/aromatic N) is 1. The number of carbonyl (C=O) groups is 1. The number of hydrogen-bond acceptors (Lipinski definition) is 4. The zero-order chi connectivity index (χ0) is 19.4. The number of ether oxygens (including phenoxy) is 3. The molecule has 5 heteroatoms. The van der Waals surface area contributed by atoms with E-state index >= 15 is 0 Å². The van der Waals surface area contributed by atoms with Gasteiger partial charge in [0.1, 0.15) is 11.5 Å². The van der Waals surface area contributed by atoms with Crippen molar-refractivity contribution in [3.63, 3.8) is 0 Å². The van der Waals surface area contributed by atoms with Crippen LogP contribution in [0.3, 0.4) is 0 Å². The van der Waals surface area contributed by atoms with Crippen molar-refractivity contribution >= 4 is 16.9 Å². The van der Waals surface area contributed by atoms with Crippen LogP contribution in [-0.2, 0) is 22.5 Å². The van der Waals surface area contributed by atoms with Gasteiger partial charge in [-0.2, -0.15) is 0 Å². The van der Waals surface area contributed by atoms with Gasteiger partial charge in [0, 0.05) is 17.4 Å². The molecule has 1 heterocycles. The molecule has 0 N–H and O–H groups in total. The summed E-state index contributed by atoms with van der Waals surface area (Å²) in [5.74, 6) is 1.33. The van der Waals surface area contributed by atoms with E-state index in [9.17, 15) is 4.79 Å². The van der Waals surface area contributed by atoms with E-state index < -0.39 is 0 Å². The molecule has 0 spiro atoms. The average Bonchev–Trinajstić information content (AvgIpc) is 3.00. The van der Waals surface area contributed by atoms with Gasteiger partial charge < -0.3 is 18.8 Å². The van der Waals surface area contributed by atoms with Gasteiger partial charge in [-0.05, 0) is 67.4 Å². The number of hydrogen-bond donors (Lipinski definition) is 0. The first-order chi connectivity index (χ1) is 13.1. The summed E-state index contributed by atoms with van der Waals surface area (Å²) in [7, 11) is 3.30. The number of benzene rings is 2. The molecule has 3 rings (SSSR count). The maximum absolute atomic E-state index is 12.3. The van der Waals surface area contributed by atoms with Crippen molar-refractivity contribution < 1.29 is 19.0 Å². The van der Waals surface area contributed by atoms with E-state index in [-0.39, 0.29) is 12.4 Å². The second-order valence-electron chi connectivity index (χ2n) is 6.16. The Balaban J connectivity index is 2.25. The van der Waals surface area contributed by atoms with Crippen molar-refractivity contribution in [2.75, 3.05) is 20.8 Å². The summed E-state index contributed by atoms with van der Waals surface area (Å²) < 4.78 is 18.1. The van der Waals surface area contributed by atoms with Crippen molar-refractivity contribution in [2.24, 2.45) is 0 Å². The lowest BCUT2D eigenvalue weighted by atomic mass is 10.0. The van der Waals surface area contributed by atoms with Crippen LogP contribution in [-0.4, -0.2) is 31.4 Å². The van der Waals surface area contributed by atoms with E-state index in [0.29, 0.717) is 6.61 Å². The molecule has 0 fully saturated rings. The highest BCUT2D eigenvalue weighted by Crippen LogP contribution is 2.37. The molecule has 0 saturated heterocycles. The van der Waals surface area contributed by atoms with Gasteiger partial charge in [-0.3, -0.25) is 4.79 Å². The minimum atomic E-state index is -0.231. The summed E-state index contributed by atoms with van der Waals surface area (Å²) in [5.41, 5.74) is 4.08. The van der Waals surface area contributed by atoms with Gasteiger partial charge in [-0.1, -0.05) is 0 Å². The van der Waals surface area contributed by atoms with Crippen molar-refractivity contribution in [1.82, 2.24) is 4.57 Å². The molecule has 2 aromatic carbocycles. The normalized spacial score (nSPS) is 10.8. The Bertz CT molecular complexity index is 941. The van der Waals surface area contributed by atoms with Crippen LogP contribution in [0, 0.1) is 0 Å². The molecule has 1 aromatic heterocycles. The van der Waals surface area contributed by atoms with E-state index in [1.807, 2.05) is 49.4 Å². The molecule has 0 aliphatic heterocycles. The first kappa shape index (κ1) is 18.8. The fraction of sp³-hybridized carbons (Fsp3) is 0.318. The third kappa shape index (κ3) is 3.63. The number of carbonyl (C=O) groups excluding carboxylic acids is 1. The molecule has 5 nitrogen and oxygen atoms in total. The second-order valence-corrected chi connectivity index (χ2v) is 6.16. The Labute approximate surface area is 159 Å². The molecule has 0 amide bonds. The minimum absolute atomic E-state index is 0.214. The Morgan fingerprint density at radius 1 is 0.963 bits per heavy atom. The van der Waals surface area contributed by atoms with Gasteiger partial charge in [-0.25, -0.2) is 0 Å². The monoisotopic (exact) mass is 367 g/mol. The van der Waals surface area contributed by atoms with Gasteiger partial charge in [-0.15, -0.1) is 0 Å². The maximum Gasteiger partial charge on any atom is 0.310 e. The molecule has 0 unspecified atom stereocenters. The smallest absolute Gasteiger partial charge is 0.310 e. The van der Waals surface area contributed by atoms with Gasteiger partial charge >= 0.3 is 5.97 Å². The van der Waals surface area contributed by atoms with Crippen LogP contribution in [0.4, 0.5) is 0 Å². The number of esters is 1. The zero-order valence-electron chi connectivity index (χ0n) is 16.2. The highest BCUT2D eigenvalue weighted by Gasteiger charge is 2.21. The van der Waals surface area contributed by atoms with E-state index in [2.05, 4.69) is 11.5 Å². The third-order valence-electron chi connectivity index (χ3n) is 4.68. The third-order valence-corrected chi connectivity index (χ3v) is 4.68. The van der Waals surface area contributed by atoms with Crippen LogP contribution in [0.1, 0.15) is 19.4 Å². The summed E-state index contributed by atoms with van der Waals surface area (Å²) in [6, 6.07) is 13.9. The number of methoxy groups -OCH3 is 2. The molecule has 0 saturated carbocycles. The van der Waals surface area contributed by atoms with Gasteiger partial charge in [0.25, 0.3) is 0 Å². The summed E-state index contributed by atoms with van der Waals surface area (Å²) in [6.07, 6.45) is 0.214. The lowest BCUT2D eigenvalue weighted by Gasteiger charge is -2.11. The van der Waals surface area contributed by atoms with Crippen molar-refractivity contribution in [3.8, 4) is 22.8 Å². The lowest BCUT2D eigenvalue weighted by molar-refractivity contribution is -0.142. The molecule has 0 aliphatic carbocycles. The number of aryl methyl sites for hydroxylation is 1. The standard InChI is InChI=1S/C22H25NO4/c1-5-23-20-12-11-17(26-4)13-18(20)19(14-21(24)27-6-2)22(23)15-7-9-16(25-3)10-8-15/h7-13H,5-6,14H2,1-4H3. The topological polar surface area (TPSA) is 49.7 Å². The molecular formula is C22H25NO4. The van der Waals surface area contributed by atoms with E-state index in [1.165, 1.54) is 0 Å². The SMILES string of the molecule is CCOC(=O)Cc1c(-c2ccc(OC)cc2)n(CC)c2ccc(OC)cc12. The Hall–Kier alpha value is -2.95. The van der Waals surface area contributed by atoms with Gasteiger partial charge in [0.2, 0.25) is 0 Å². The summed E-state index contributed by atoms with van der Waals surface area (Å²) >= 11 is 0. The van der Waals surface area contributed by atoms with Crippen LogP contribution in [0.2, 0.25) is 0 Å². The fourth-order valence-corrected chi connectivity index (χ4v) is 3.47. The Morgan fingerprint density at radius 3 is 2.22 bits per heavy atom. The first-order valence-electron chi connectivity index (χ1n) is 9.12. The summed E-state index contributed by atoms with van der Waals surface area (Å²) in [4.78, 5) is 12.3. The van der Waals surface area contributed by atoms with E-state index in [4.69, 9.17) is 14.2 Å². The summed E-state index contributed by atoms with van der Waals surface area (Å²) in [6.45, 7) is 5.07. The molecule has 0 atom stereocenters. The van der Waals surface area contributed by atoms with Gasteiger partial charge in [0.05, 0.1) is 32.9 Å². The minimum Gasteiger partial charge on any atom is -0.497 e. The fourth-order valence-electron chi connectivity index (χ4n) is 3.47. The number of aromatic nitrogens is 1. The van der Waals surface area contributed by atoms with Crippen LogP contribution in [0.15, 0.2) is 42.5 Å². The quantitative estimate of drug-likeness (QED) is 0.579. The molecule has 0 bridgehead atoms. The first-order valence-corrected chi connectivity index (χ1v) is 9.12. The molecule has 0 radical (unpaired) electrons. The average molecular weight is 367 g/mol. The highest BCUT2D eigenvalue weighted by atomic mass is 16.5. The van der Waals surface area contributed by atoms with Crippen LogP contribution in [0.5, 0.6) is 11.5 Å². The number of fused-ring (bicyclic) bond motifs is 1. The predicted octanol–water partition coefficient (Wildman–Crippen LogP) is 4.45. The van der Waals surface area contributed by atoms with Crippen molar-refractivity contribution in [1.29, 1.82) is 0 Å². The zero-order valence-corrected chi connectivity index (χ0v) is 16.2. The highest BCUT2D eigenvalue weighted by molar-refractivity contribution is 5.96. The van der Waals surface area contributed by atoms with Crippen LogP contribution >= 0.6 is 0 Å². The van der Waals surface area contributed by atoms with E-state index in [0.717, 1.165) is 45.8 Å². The van der Waals surface area contributed by atoms with Crippen molar-refractivity contribution in [2.45, 2.75) is 26.8 Å². The second kappa shape index (κ2) is 8.16. The number of rotatable bonds is 7. The van der Waals surface area contributed by atoms with Gasteiger partial charge in [0.15, 0.2) is 0 Å². The lowest BCUT2D eigenvalue weighted by Crippen LogP contribution is -2.08. The Kier molecular flexibility index (Phi) is 5.69. The molecular weight excluding hydrogens is 342 g/mol. The molecule has 27 heavy (non-hydrogen) atoms. The molecule has 0 aliphatic rings. The maximum atomic E-state index is 12.3. The van der Waals surface area contributed by atoms with Crippen molar-refractivity contribution in [3.05, 3.63) is 48.0 Å². The predicted molar refractivity (Wildman–Crippen MR) is 106 cm³/mol. The summed E-state index contributed by atoms with van der Waals surface area (Å²) in [5, 5.41) is 1.01. The largest absolute Gasteiger partial charge is 0.497 e. The van der Waals surface area contributed by atoms with Crippen LogP contribution < -0.4 is 9.47 Å². The van der Waals surface area contributed by atoms with E-state index in [1.54, 1.807) is 14.2 Å². The van der Waals surface area contributed by atoms with Crippen LogP contribution in [0.25, 0.3) is 22.2 Å². The molecule has 3 aromatic rings. The molecule has 142 valence electrons. The Morgan fingerprint density at radius 2 is 1.63 bits per heavy atom.